The lowest BCUT2D eigenvalue weighted by atomic mass is 9.86. The number of hydrogen-bond acceptors (Lipinski definition) is 2. The van der Waals surface area contributed by atoms with Gasteiger partial charge in [0.05, 0.1) is 0 Å². The number of aryl methyl sites for hydroxylation is 1. The number of unbranched alkanes of at least 4 members (excludes halogenated alkanes) is 2. The van der Waals surface area contributed by atoms with Crippen molar-refractivity contribution in [1.82, 2.24) is 4.90 Å². The van der Waals surface area contributed by atoms with E-state index in [9.17, 15) is 0 Å². The molecule has 2 nitrogen and oxygen atoms in total. The molecule has 1 heterocycles. The molecule has 0 radical (unpaired) electrons. The van der Waals surface area contributed by atoms with Crippen LogP contribution < -0.4 is 4.74 Å². The van der Waals surface area contributed by atoms with Gasteiger partial charge >= 0.3 is 0 Å². The first-order chi connectivity index (χ1) is 16.9. The molecule has 36 heavy (non-hydrogen) atoms. The molecule has 0 unspecified atom stereocenters. The van der Waals surface area contributed by atoms with Crippen molar-refractivity contribution in [2.45, 2.75) is 64.9 Å². The maximum atomic E-state index is 6.11. The third kappa shape index (κ3) is 7.48. The van der Waals surface area contributed by atoms with E-state index in [1.54, 1.807) is 0 Å². The van der Waals surface area contributed by atoms with Crippen LogP contribution in [0.25, 0.3) is 5.57 Å². The van der Waals surface area contributed by atoms with Gasteiger partial charge in [-0.15, -0.1) is 12.4 Å². The van der Waals surface area contributed by atoms with Crippen LogP contribution in [-0.2, 0) is 18.4 Å². The molecule has 192 valence electrons. The van der Waals surface area contributed by atoms with Gasteiger partial charge in [-0.3, -0.25) is 0 Å². The number of ether oxygens (including phenoxy) is 1. The second-order valence-electron chi connectivity index (χ2n) is 10.9. The lowest BCUT2D eigenvalue weighted by Crippen LogP contribution is -2.20. The summed E-state index contributed by atoms with van der Waals surface area (Å²) >= 11 is 0. The highest BCUT2D eigenvalue weighted by Gasteiger charge is 2.18. The summed E-state index contributed by atoms with van der Waals surface area (Å²) in [5, 5.41) is 0. The summed E-state index contributed by atoms with van der Waals surface area (Å²) in [7, 11) is 2.25. The van der Waals surface area contributed by atoms with Crippen molar-refractivity contribution >= 4 is 18.0 Å². The van der Waals surface area contributed by atoms with Crippen molar-refractivity contribution in [3.05, 3.63) is 107 Å². The lowest BCUT2D eigenvalue weighted by molar-refractivity contribution is 0.307. The minimum absolute atomic E-state index is 0. The minimum atomic E-state index is 0. The average molecular weight is 504 g/mol. The molecule has 0 bridgehead atoms. The van der Waals surface area contributed by atoms with Gasteiger partial charge in [-0.05, 0) is 78.6 Å². The van der Waals surface area contributed by atoms with Gasteiger partial charge < -0.3 is 9.64 Å². The molecule has 3 heteroatoms. The zero-order chi connectivity index (χ0) is 24.7. The van der Waals surface area contributed by atoms with E-state index in [1.165, 1.54) is 59.1 Å². The minimum Gasteiger partial charge on any atom is -0.488 e. The maximum Gasteiger partial charge on any atom is 0.127 e. The van der Waals surface area contributed by atoms with Crippen LogP contribution in [-0.4, -0.2) is 25.0 Å². The van der Waals surface area contributed by atoms with Crippen LogP contribution in [0.1, 0.15) is 74.3 Å². The number of halogens is 1. The molecule has 1 aliphatic rings. The molecule has 0 saturated heterocycles. The highest BCUT2D eigenvalue weighted by atomic mass is 35.5. The van der Waals surface area contributed by atoms with Crippen molar-refractivity contribution in [1.29, 1.82) is 0 Å². The molecule has 3 aromatic carbocycles. The molecule has 1 aliphatic heterocycles. The lowest BCUT2D eigenvalue weighted by Gasteiger charge is -2.19. The van der Waals surface area contributed by atoms with E-state index in [1.807, 2.05) is 0 Å². The van der Waals surface area contributed by atoms with Crippen LogP contribution in [0.4, 0.5) is 0 Å². The van der Waals surface area contributed by atoms with Crippen molar-refractivity contribution < 1.29 is 4.74 Å². The number of rotatable bonds is 9. The Morgan fingerprint density at radius 1 is 0.806 bits per heavy atom. The normalized spacial score (nSPS) is 14.0. The summed E-state index contributed by atoms with van der Waals surface area (Å²) in [4.78, 5) is 2.47. The number of hydrogen-bond donors (Lipinski definition) is 0. The molecule has 0 spiro atoms. The second-order valence-corrected chi connectivity index (χ2v) is 10.9. The van der Waals surface area contributed by atoms with Gasteiger partial charge in [-0.25, -0.2) is 0 Å². The number of nitrogens with zero attached hydrogens (tertiary/aromatic N) is 1. The molecule has 0 N–H and O–H groups in total. The van der Waals surface area contributed by atoms with Crippen molar-refractivity contribution in [3.63, 3.8) is 0 Å². The van der Waals surface area contributed by atoms with Crippen molar-refractivity contribution in [2.24, 2.45) is 0 Å². The molecule has 4 rings (SSSR count). The van der Waals surface area contributed by atoms with Crippen LogP contribution in [0, 0.1) is 0 Å². The van der Waals surface area contributed by atoms with Gasteiger partial charge in [0.2, 0.25) is 0 Å². The van der Waals surface area contributed by atoms with E-state index in [0.717, 1.165) is 25.3 Å². The van der Waals surface area contributed by atoms with E-state index in [-0.39, 0.29) is 17.8 Å². The third-order valence-corrected chi connectivity index (χ3v) is 7.05. The molecule has 0 amide bonds. The van der Waals surface area contributed by atoms with Crippen molar-refractivity contribution in [2.75, 3.05) is 20.1 Å². The Labute approximate surface area is 224 Å². The SMILES string of the molecule is CN(CCC=C1c2ccccc2COc2ccccc21)CCCCCc1ccc(C(C)(C)C)cc1.Cl. The summed E-state index contributed by atoms with van der Waals surface area (Å²) in [5.41, 5.74) is 8.19. The Morgan fingerprint density at radius 2 is 1.50 bits per heavy atom. The quantitative estimate of drug-likeness (QED) is 0.271. The Hall–Kier alpha value is -2.55. The molecule has 3 aromatic rings. The van der Waals surface area contributed by atoms with Crippen LogP contribution in [0.3, 0.4) is 0 Å². The third-order valence-electron chi connectivity index (χ3n) is 7.05. The largest absolute Gasteiger partial charge is 0.488 e. The fraction of sp³-hybridized carbons (Fsp3) is 0.394. The predicted molar refractivity (Wildman–Crippen MR) is 156 cm³/mol. The number of para-hydroxylation sites is 1. The second kappa shape index (κ2) is 13.1. The number of benzene rings is 3. The van der Waals surface area contributed by atoms with Crippen LogP contribution in [0.5, 0.6) is 5.75 Å². The van der Waals surface area contributed by atoms with Crippen LogP contribution in [0.2, 0.25) is 0 Å². The highest BCUT2D eigenvalue weighted by Crippen LogP contribution is 2.36. The molecule has 0 atom stereocenters. The van der Waals surface area contributed by atoms with E-state index >= 15 is 0 Å². The summed E-state index contributed by atoms with van der Waals surface area (Å²) < 4.78 is 6.11. The first-order valence-electron chi connectivity index (χ1n) is 13.2. The van der Waals surface area contributed by atoms with Gasteiger partial charge in [0.25, 0.3) is 0 Å². The zero-order valence-electron chi connectivity index (χ0n) is 22.4. The Balaban J connectivity index is 0.00000361. The van der Waals surface area contributed by atoms with E-state index in [2.05, 4.69) is 112 Å². The Morgan fingerprint density at radius 3 is 2.25 bits per heavy atom. The van der Waals surface area contributed by atoms with Gasteiger partial charge in [0, 0.05) is 12.1 Å². The van der Waals surface area contributed by atoms with Gasteiger partial charge in [0.1, 0.15) is 12.4 Å². The molecular formula is C33H42ClNO. The fourth-order valence-corrected chi connectivity index (χ4v) is 4.84. The summed E-state index contributed by atoms with van der Waals surface area (Å²) in [5.74, 6) is 0.983. The van der Waals surface area contributed by atoms with Crippen LogP contribution >= 0.6 is 12.4 Å². The monoisotopic (exact) mass is 503 g/mol. The van der Waals surface area contributed by atoms with Crippen molar-refractivity contribution in [3.8, 4) is 5.75 Å². The standard InChI is InChI=1S/C33H41NO.ClH/c1-33(2,3)28-21-19-26(20-22-28)13-6-5-11-23-34(4)24-12-17-30-29-15-8-7-14-27(29)25-35-32-18-10-9-16-31(30)32;/h7-10,14-22H,5-6,11-13,23-25H2,1-4H3;1H. The highest BCUT2D eigenvalue weighted by molar-refractivity contribution is 5.85. The first kappa shape index (κ1) is 28.0. The first-order valence-corrected chi connectivity index (χ1v) is 13.2. The van der Waals surface area contributed by atoms with Gasteiger partial charge in [-0.2, -0.15) is 0 Å². The Kier molecular flexibility index (Phi) is 10.2. The van der Waals surface area contributed by atoms with E-state index < -0.39 is 0 Å². The summed E-state index contributed by atoms with van der Waals surface area (Å²) in [6.07, 6.45) is 8.43. The average Bonchev–Trinajstić information content (AvgIpc) is 3.01. The maximum absolute atomic E-state index is 6.11. The zero-order valence-corrected chi connectivity index (χ0v) is 23.2. The molecule has 0 aromatic heterocycles. The summed E-state index contributed by atoms with van der Waals surface area (Å²) in [6, 6.07) is 26.3. The molecule has 0 fully saturated rings. The molecule has 0 aliphatic carbocycles. The van der Waals surface area contributed by atoms with E-state index in [0.29, 0.717) is 6.61 Å². The molecule has 0 saturated carbocycles. The summed E-state index contributed by atoms with van der Waals surface area (Å²) in [6.45, 7) is 9.68. The fourth-order valence-electron chi connectivity index (χ4n) is 4.84. The van der Waals surface area contributed by atoms with Crippen LogP contribution in [0.15, 0.2) is 78.9 Å². The van der Waals surface area contributed by atoms with Gasteiger partial charge in [-0.1, -0.05) is 100.0 Å². The molecular weight excluding hydrogens is 462 g/mol. The van der Waals surface area contributed by atoms with Gasteiger partial charge in [0.15, 0.2) is 0 Å². The smallest absolute Gasteiger partial charge is 0.127 e. The Bertz CT molecular complexity index is 1080. The topological polar surface area (TPSA) is 12.5 Å². The van der Waals surface area contributed by atoms with E-state index in [4.69, 9.17) is 4.74 Å². The number of fused-ring (bicyclic) bond motifs is 2. The predicted octanol–water partition coefficient (Wildman–Crippen LogP) is 8.46.